The van der Waals surface area contributed by atoms with E-state index in [0.717, 1.165) is 12.0 Å². The predicted molar refractivity (Wildman–Crippen MR) is 126 cm³/mol. The van der Waals surface area contributed by atoms with Gasteiger partial charge in [0.1, 0.15) is 19.0 Å². The lowest BCUT2D eigenvalue weighted by atomic mass is 9.99. The van der Waals surface area contributed by atoms with Gasteiger partial charge in [0.2, 0.25) is 0 Å². The molecule has 0 aromatic heterocycles. The number of hydrogen-bond donors (Lipinski definition) is 1. The quantitative estimate of drug-likeness (QED) is 0.162. The van der Waals surface area contributed by atoms with Crippen molar-refractivity contribution < 1.29 is 45.6 Å². The molecule has 0 spiro atoms. The van der Waals surface area contributed by atoms with Crippen molar-refractivity contribution in [2.45, 2.75) is 37.0 Å². The van der Waals surface area contributed by atoms with Crippen molar-refractivity contribution in [2.75, 3.05) is 19.8 Å². The van der Waals surface area contributed by atoms with E-state index in [-0.39, 0.29) is 23.7 Å². The Morgan fingerprint density at radius 1 is 1.12 bits per heavy atom. The summed E-state index contributed by atoms with van der Waals surface area (Å²) in [5.41, 5.74) is 0.944. The van der Waals surface area contributed by atoms with E-state index in [1.54, 1.807) is 12.1 Å². The molecule has 1 N–H and O–H groups in total. The van der Waals surface area contributed by atoms with Gasteiger partial charge in [-0.1, -0.05) is 26.0 Å². The predicted octanol–water partition coefficient (Wildman–Crippen LogP) is 4.47. The number of carboxylic acids is 1. The second-order valence-corrected chi connectivity index (χ2v) is 10.0. The number of rotatable bonds is 12. The van der Waals surface area contributed by atoms with Crippen molar-refractivity contribution in [3.63, 3.8) is 0 Å². The molecule has 0 saturated carbocycles. The van der Waals surface area contributed by atoms with Gasteiger partial charge in [-0.25, -0.2) is 9.59 Å². The summed E-state index contributed by atoms with van der Waals surface area (Å²) in [6.45, 7) is 2.12. The normalized spacial score (nSPS) is 12.7. The van der Waals surface area contributed by atoms with Gasteiger partial charge in [0.15, 0.2) is 6.61 Å². The van der Waals surface area contributed by atoms with Gasteiger partial charge >= 0.3 is 17.9 Å². The Labute approximate surface area is 209 Å². The van der Waals surface area contributed by atoms with Crippen LogP contribution in [-0.2, 0) is 23.8 Å². The third-order valence-electron chi connectivity index (χ3n) is 4.79. The van der Waals surface area contributed by atoms with E-state index in [0.29, 0.717) is 15.2 Å². The van der Waals surface area contributed by atoms with Crippen LogP contribution < -0.4 is 4.74 Å². The van der Waals surface area contributed by atoms with Crippen LogP contribution in [0.1, 0.15) is 42.1 Å². The summed E-state index contributed by atoms with van der Waals surface area (Å²) in [6.07, 6.45) is 0.932. The molecular formula is C22H23F2IO8S. The third-order valence-corrected chi connectivity index (χ3v) is 6.96. The van der Waals surface area contributed by atoms with Gasteiger partial charge in [0, 0.05) is 0 Å². The fourth-order valence-electron chi connectivity index (χ4n) is 2.61. The van der Waals surface area contributed by atoms with Crippen molar-refractivity contribution in [3.05, 3.63) is 57.2 Å². The molecule has 2 aromatic rings. The average Bonchev–Trinajstić information content (AvgIpc) is 2.80. The molecule has 186 valence electrons. The third kappa shape index (κ3) is 7.60. The highest BCUT2D eigenvalue weighted by molar-refractivity contribution is 14.1. The lowest BCUT2D eigenvalue weighted by molar-refractivity contribution is -0.170. The van der Waals surface area contributed by atoms with Crippen molar-refractivity contribution in [2.24, 2.45) is 0 Å². The molecule has 0 heterocycles. The molecule has 0 amide bonds. The summed E-state index contributed by atoms with van der Waals surface area (Å²) in [6, 6.07) is 10.4. The van der Waals surface area contributed by atoms with E-state index < -0.39 is 34.6 Å². The standard InChI is InChI=1S/C22H23F2IO8S/c1-3-14(2)15-4-7-17(8-5-15)34(29,30)33-11-10-31-19-9-6-16(12-18(19)25)20(26)32-13-22(23,24)21(27)28/h4-9,12,14H,3,10-11,13H2,1-2H3,(H,27,28). The zero-order chi connectivity index (χ0) is 25.5. The molecule has 12 heteroatoms. The number of benzene rings is 2. The summed E-state index contributed by atoms with van der Waals surface area (Å²) < 4.78 is 66.0. The largest absolute Gasteiger partial charge is 0.490 e. The minimum absolute atomic E-state index is 0.0328. The van der Waals surface area contributed by atoms with Gasteiger partial charge in [-0.2, -0.15) is 17.2 Å². The number of esters is 1. The van der Waals surface area contributed by atoms with Crippen LogP contribution in [0, 0.1) is 3.57 Å². The Morgan fingerprint density at radius 2 is 1.76 bits per heavy atom. The SMILES string of the molecule is CCC(C)c1ccc(S(=O)(=O)OCCOc2ccc(C(=O)OCC(F)(F)C(=O)O)cc2I)cc1. The molecule has 2 aromatic carbocycles. The van der Waals surface area contributed by atoms with Crippen LogP contribution in [0.4, 0.5) is 8.78 Å². The van der Waals surface area contributed by atoms with E-state index in [4.69, 9.17) is 14.0 Å². The van der Waals surface area contributed by atoms with Gasteiger partial charge in [-0.05, 0) is 70.8 Å². The molecule has 0 aliphatic carbocycles. The molecule has 8 nitrogen and oxygen atoms in total. The van der Waals surface area contributed by atoms with Gasteiger partial charge in [0.25, 0.3) is 10.1 Å². The minimum Gasteiger partial charge on any atom is -0.490 e. The number of carboxylic acid groups (broad SMARTS) is 1. The molecule has 0 aliphatic rings. The van der Waals surface area contributed by atoms with Crippen LogP contribution in [-0.4, -0.2) is 51.2 Å². The molecule has 1 unspecified atom stereocenters. The van der Waals surface area contributed by atoms with Crippen molar-refractivity contribution in [3.8, 4) is 5.75 Å². The van der Waals surface area contributed by atoms with E-state index in [1.165, 1.54) is 30.3 Å². The zero-order valence-electron chi connectivity index (χ0n) is 18.3. The van der Waals surface area contributed by atoms with Crippen LogP contribution in [0.5, 0.6) is 5.75 Å². The van der Waals surface area contributed by atoms with E-state index >= 15 is 0 Å². The highest BCUT2D eigenvalue weighted by Gasteiger charge is 2.40. The zero-order valence-corrected chi connectivity index (χ0v) is 21.3. The highest BCUT2D eigenvalue weighted by atomic mass is 127. The first kappa shape index (κ1) is 27.9. The Hall–Kier alpha value is -2.32. The summed E-state index contributed by atoms with van der Waals surface area (Å²) in [5, 5.41) is 8.36. The number of alkyl halides is 2. The summed E-state index contributed by atoms with van der Waals surface area (Å²) in [5.74, 6) is -7.10. The van der Waals surface area contributed by atoms with E-state index in [9.17, 15) is 26.8 Å². The number of halogens is 3. The van der Waals surface area contributed by atoms with Gasteiger partial charge in [0.05, 0.1) is 14.0 Å². The average molecular weight is 612 g/mol. The van der Waals surface area contributed by atoms with Crippen LogP contribution >= 0.6 is 22.6 Å². The summed E-state index contributed by atoms with van der Waals surface area (Å²) in [7, 11) is -3.96. The van der Waals surface area contributed by atoms with Crippen LogP contribution in [0.25, 0.3) is 0 Å². The second kappa shape index (κ2) is 11.9. The molecule has 0 fully saturated rings. The number of carbonyl (C=O) groups is 2. The van der Waals surface area contributed by atoms with Crippen LogP contribution in [0.2, 0.25) is 0 Å². The Morgan fingerprint density at radius 3 is 2.32 bits per heavy atom. The Kier molecular flexibility index (Phi) is 9.76. The topological polar surface area (TPSA) is 116 Å². The van der Waals surface area contributed by atoms with Gasteiger partial charge < -0.3 is 14.6 Å². The smallest absolute Gasteiger partial charge is 0.378 e. The number of aliphatic carboxylic acids is 1. The molecule has 1 atom stereocenters. The summed E-state index contributed by atoms with van der Waals surface area (Å²) >= 11 is 1.83. The highest BCUT2D eigenvalue weighted by Crippen LogP contribution is 2.24. The molecule has 0 aliphatic heterocycles. The van der Waals surface area contributed by atoms with Crippen molar-refractivity contribution in [1.82, 2.24) is 0 Å². The number of carbonyl (C=O) groups excluding carboxylic acids is 1. The first-order valence-corrected chi connectivity index (χ1v) is 12.6. The van der Waals surface area contributed by atoms with Crippen molar-refractivity contribution >= 4 is 44.6 Å². The molecule has 34 heavy (non-hydrogen) atoms. The fraction of sp³-hybridized carbons (Fsp3) is 0.364. The monoisotopic (exact) mass is 612 g/mol. The van der Waals surface area contributed by atoms with E-state index in [1.807, 2.05) is 36.4 Å². The number of hydrogen-bond acceptors (Lipinski definition) is 7. The van der Waals surface area contributed by atoms with Crippen LogP contribution in [0.3, 0.4) is 0 Å². The maximum atomic E-state index is 13.0. The Bertz CT molecular complexity index is 1120. The fourth-order valence-corrected chi connectivity index (χ4v) is 4.17. The maximum absolute atomic E-state index is 13.0. The van der Waals surface area contributed by atoms with Gasteiger partial charge in [-0.15, -0.1) is 0 Å². The first-order chi connectivity index (χ1) is 15.9. The molecule has 0 radical (unpaired) electrons. The van der Waals surface area contributed by atoms with Crippen molar-refractivity contribution in [1.29, 1.82) is 0 Å². The summed E-state index contributed by atoms with van der Waals surface area (Å²) in [4.78, 5) is 22.3. The second-order valence-electron chi connectivity index (χ2n) is 7.23. The lowest BCUT2D eigenvalue weighted by Gasteiger charge is -2.13. The first-order valence-electron chi connectivity index (χ1n) is 10.1. The molecular weight excluding hydrogens is 589 g/mol. The lowest BCUT2D eigenvalue weighted by Crippen LogP contribution is -2.34. The minimum atomic E-state index is -4.19. The Balaban J connectivity index is 1.89. The van der Waals surface area contributed by atoms with E-state index in [2.05, 4.69) is 4.74 Å². The maximum Gasteiger partial charge on any atom is 0.378 e. The molecule has 0 bridgehead atoms. The van der Waals surface area contributed by atoms with Gasteiger partial charge in [-0.3, -0.25) is 4.18 Å². The molecule has 2 rings (SSSR count). The molecule has 0 saturated heterocycles. The van der Waals surface area contributed by atoms with Crippen LogP contribution in [0.15, 0.2) is 47.4 Å². The number of ether oxygens (including phenoxy) is 2.